The average Bonchev–Trinajstić information content (AvgIpc) is 1.92. The Hall–Kier alpha value is -1.91. The largest absolute Gasteiger partial charge is 0.444 e. The first-order chi connectivity index (χ1) is 5.66. The van der Waals surface area contributed by atoms with Crippen molar-refractivity contribution in [3.05, 3.63) is 40.5 Å². The molecule has 0 atom stereocenters. The summed E-state index contributed by atoms with van der Waals surface area (Å²) < 4.78 is 0. The van der Waals surface area contributed by atoms with Crippen LogP contribution in [0.1, 0.15) is 0 Å². The Balaban J connectivity index is -0.0000000213. The van der Waals surface area contributed by atoms with E-state index < -0.39 is 0 Å². The second-order valence-electron chi connectivity index (χ2n) is 0.298. The quantitative estimate of drug-likeness (QED) is 0.338. The van der Waals surface area contributed by atoms with Crippen LogP contribution >= 0.6 is 0 Å². The van der Waals surface area contributed by atoms with E-state index in [9.17, 15) is 0 Å². The van der Waals surface area contributed by atoms with Crippen LogP contribution in [0.2, 0.25) is 0 Å². The van der Waals surface area contributed by atoms with Gasteiger partial charge in [0.25, 0.3) is 0 Å². The van der Waals surface area contributed by atoms with Gasteiger partial charge in [0, 0.05) is 16.5 Å². The first-order valence-electron chi connectivity index (χ1n) is 1.46. The molecule has 0 saturated carbocycles. The van der Waals surface area contributed by atoms with Crippen LogP contribution in [-0.2, 0) is 16.5 Å². The summed E-state index contributed by atoms with van der Waals surface area (Å²) >= 11 is 0. The summed E-state index contributed by atoms with van der Waals surface area (Å²) in [6.45, 7) is 0. The van der Waals surface area contributed by atoms with Gasteiger partial charge in [-0.1, -0.05) is 0 Å². The molecule has 0 amide bonds. The topological polar surface area (TPSA) is 210 Å². The van der Waals surface area contributed by atoms with Gasteiger partial charge in [0.2, 0.25) is 0 Å². The van der Waals surface area contributed by atoms with E-state index in [0.29, 0.717) is 0 Å². The average molecular weight is 243 g/mol. The molecule has 0 aliphatic carbocycles. The fourth-order valence-electron chi connectivity index (χ4n) is 0. The van der Waals surface area contributed by atoms with E-state index in [1.165, 1.54) is 0 Å². The van der Waals surface area contributed by atoms with Gasteiger partial charge in [-0.05, 0) is 0 Å². The molecule has 0 aliphatic rings. The van der Waals surface area contributed by atoms with Crippen LogP contribution < -0.4 is 0 Å². The molecule has 0 aromatic heterocycles. The Morgan fingerprint density at radius 1 is 0.538 bits per heavy atom. The molecule has 0 fully saturated rings. The van der Waals surface area contributed by atoms with Crippen molar-refractivity contribution in [2.45, 2.75) is 0 Å². The van der Waals surface area contributed by atoms with Crippen LogP contribution in [0, 0.1) is 40.5 Å². The summed E-state index contributed by atoms with van der Waals surface area (Å²) in [4.78, 5) is 32.0. The van der Waals surface area contributed by atoms with Crippen molar-refractivity contribution in [1.82, 2.24) is 0 Å². The van der Waals surface area contributed by atoms with Crippen LogP contribution in [0.25, 0.3) is 0 Å². The molecule has 0 heterocycles. The monoisotopic (exact) mass is 242 g/mol. The third-order valence-electron chi connectivity index (χ3n) is 0. The fraction of sp³-hybridized carbons (Fsp3) is 0. The van der Waals surface area contributed by atoms with Crippen molar-refractivity contribution in [2.75, 3.05) is 0 Å². The minimum absolute atomic E-state index is 0. The molecule has 13 heavy (non-hydrogen) atoms. The maximum absolute atomic E-state index is 8.00. The van der Waals surface area contributed by atoms with Crippen LogP contribution in [0.5, 0.6) is 0 Å². The maximum atomic E-state index is 8.00. The Labute approximate surface area is 79.2 Å². The van der Waals surface area contributed by atoms with Gasteiger partial charge < -0.3 is 40.5 Å². The van der Waals surface area contributed by atoms with E-state index >= 15 is 0 Å². The number of hydrogen-bond donors (Lipinski definition) is 0. The van der Waals surface area contributed by atoms with Gasteiger partial charge in [-0.25, -0.2) is 0 Å². The minimum atomic E-state index is 0. The predicted molar refractivity (Wildman–Crippen MR) is 36.6 cm³/mol. The molecular formula is N4NiO8-4. The zero-order chi connectivity index (χ0) is 10.8. The zero-order valence-corrected chi connectivity index (χ0v) is 6.36. The van der Waals surface area contributed by atoms with Gasteiger partial charge in [-0.2, -0.15) is 0 Å². The van der Waals surface area contributed by atoms with Gasteiger partial charge in [0.1, 0.15) is 0 Å². The minimum Gasteiger partial charge on any atom is -0.444 e. The standard InChI is InChI=1S/4HNO2.Ni/c4*2-1-3;/h4*(H,2,3);/p-4. The zero-order valence-electron chi connectivity index (χ0n) is 5.37. The first kappa shape index (κ1) is 30.4. The molecule has 0 aliphatic heterocycles. The molecule has 0 rings (SSSR count). The first-order valence-corrected chi connectivity index (χ1v) is 1.46. The van der Waals surface area contributed by atoms with Gasteiger partial charge >= 0.3 is 0 Å². The Bertz CT molecular complexity index is 70.1. The molecule has 0 aromatic carbocycles. The molecule has 0 bridgehead atoms. The van der Waals surface area contributed by atoms with E-state index in [0.717, 1.165) is 21.4 Å². The van der Waals surface area contributed by atoms with Gasteiger partial charge in [-0.15, -0.1) is 21.4 Å². The molecule has 13 heteroatoms. The maximum Gasteiger partial charge on any atom is 0 e. The molecule has 0 aromatic rings. The molecule has 0 N–H and O–H groups in total. The van der Waals surface area contributed by atoms with Crippen molar-refractivity contribution in [1.29, 1.82) is 0 Å². The van der Waals surface area contributed by atoms with E-state index in [2.05, 4.69) is 0 Å². The molecule has 0 radical (unpaired) electrons. The van der Waals surface area contributed by atoms with Crippen molar-refractivity contribution in [3.8, 4) is 0 Å². The molecule has 0 saturated heterocycles. The predicted octanol–water partition coefficient (Wildman–Crippen LogP) is 1.000. The molecule has 82 valence electrons. The van der Waals surface area contributed by atoms with E-state index in [-0.39, 0.29) is 16.5 Å². The molecule has 0 unspecified atom stereocenters. The Kier molecular flexibility index (Phi) is 446. The summed E-state index contributed by atoms with van der Waals surface area (Å²) in [5, 5.41) is 36.0. The van der Waals surface area contributed by atoms with Crippen LogP contribution in [0.15, 0.2) is 21.4 Å². The molecule has 0 spiro atoms. The Morgan fingerprint density at radius 2 is 0.538 bits per heavy atom. The second kappa shape index (κ2) is 190. The normalized spacial score (nSPS) is 3.69. The van der Waals surface area contributed by atoms with Crippen molar-refractivity contribution >= 4 is 0 Å². The number of hydrogen-bond acceptors (Lipinski definition) is 12. The van der Waals surface area contributed by atoms with Crippen LogP contribution in [0.3, 0.4) is 0 Å². The summed E-state index contributed by atoms with van der Waals surface area (Å²) in [5.41, 5.74) is 0. The van der Waals surface area contributed by atoms with Gasteiger partial charge in [-0.3, -0.25) is 0 Å². The van der Waals surface area contributed by atoms with Crippen molar-refractivity contribution in [3.63, 3.8) is 0 Å². The third kappa shape index (κ3) is 182. The fourth-order valence-corrected chi connectivity index (χ4v) is 0. The van der Waals surface area contributed by atoms with E-state index in [1.807, 2.05) is 0 Å². The summed E-state index contributed by atoms with van der Waals surface area (Å²) in [5.74, 6) is 0. The molecule has 12 nitrogen and oxygen atoms in total. The van der Waals surface area contributed by atoms with Gasteiger partial charge in [0.15, 0.2) is 0 Å². The number of nitrogens with zero attached hydrogens (tertiary/aromatic N) is 4. The second-order valence-corrected chi connectivity index (χ2v) is 0.298. The van der Waals surface area contributed by atoms with E-state index in [1.54, 1.807) is 0 Å². The summed E-state index contributed by atoms with van der Waals surface area (Å²) in [6, 6.07) is 0. The molecular weight excluding hydrogens is 243 g/mol. The summed E-state index contributed by atoms with van der Waals surface area (Å²) in [6.07, 6.45) is 0. The van der Waals surface area contributed by atoms with Crippen molar-refractivity contribution < 1.29 is 16.5 Å². The smallest absolute Gasteiger partial charge is 0 e. The van der Waals surface area contributed by atoms with Crippen LogP contribution in [0.4, 0.5) is 0 Å². The van der Waals surface area contributed by atoms with E-state index in [4.69, 9.17) is 40.5 Å². The van der Waals surface area contributed by atoms with Crippen molar-refractivity contribution in [2.24, 2.45) is 21.4 Å². The Morgan fingerprint density at radius 3 is 0.538 bits per heavy atom. The van der Waals surface area contributed by atoms with Crippen LogP contribution in [-0.4, -0.2) is 0 Å². The SMILES string of the molecule is O=N[O-].O=N[O-].O=N[O-].O=N[O-].[Ni]. The number of rotatable bonds is 0. The van der Waals surface area contributed by atoms with Gasteiger partial charge in [0.05, 0.1) is 0 Å². The third-order valence-corrected chi connectivity index (χ3v) is 0. The summed E-state index contributed by atoms with van der Waals surface area (Å²) in [7, 11) is 0.